The van der Waals surface area contributed by atoms with Crippen LogP contribution in [0.15, 0.2) is 0 Å². The lowest BCUT2D eigenvalue weighted by atomic mass is 9.79. The largest absolute Gasteiger partial charge is 0.396 e. The van der Waals surface area contributed by atoms with Crippen LogP contribution in [0.2, 0.25) is 0 Å². The molecule has 2 atom stereocenters. The minimum absolute atomic E-state index is 0.0771. The Bertz CT molecular complexity index is 224. The average molecular weight is 244 g/mol. The van der Waals surface area contributed by atoms with Crippen LogP contribution in [0.1, 0.15) is 25.7 Å². The van der Waals surface area contributed by atoms with Crippen molar-refractivity contribution in [1.29, 1.82) is 0 Å². The van der Waals surface area contributed by atoms with Gasteiger partial charge in [0.05, 0.1) is 6.61 Å². The van der Waals surface area contributed by atoms with Crippen molar-refractivity contribution in [3.63, 3.8) is 0 Å². The van der Waals surface area contributed by atoms with E-state index >= 15 is 0 Å². The number of amides is 1. The monoisotopic (exact) mass is 244 g/mol. The Morgan fingerprint density at radius 3 is 2.71 bits per heavy atom. The van der Waals surface area contributed by atoms with Crippen molar-refractivity contribution in [2.45, 2.75) is 25.7 Å². The lowest BCUT2D eigenvalue weighted by molar-refractivity contribution is -0.125. The van der Waals surface area contributed by atoms with Crippen molar-refractivity contribution in [2.75, 3.05) is 32.9 Å². The molecule has 5 heteroatoms. The first-order valence-corrected chi connectivity index (χ1v) is 6.43. The smallest absolute Gasteiger partial charge is 0.246 e. The van der Waals surface area contributed by atoms with E-state index in [-0.39, 0.29) is 19.1 Å². The van der Waals surface area contributed by atoms with Gasteiger partial charge in [0.25, 0.3) is 0 Å². The minimum Gasteiger partial charge on any atom is -0.396 e. The molecule has 0 aromatic heterocycles. The van der Waals surface area contributed by atoms with Crippen LogP contribution in [0.3, 0.4) is 0 Å². The third-order valence-corrected chi connectivity index (χ3v) is 3.36. The molecule has 1 amide bonds. The highest BCUT2D eigenvalue weighted by Gasteiger charge is 2.24. The van der Waals surface area contributed by atoms with E-state index in [1.165, 1.54) is 12.8 Å². The van der Waals surface area contributed by atoms with E-state index in [1.54, 1.807) is 0 Å². The van der Waals surface area contributed by atoms with Gasteiger partial charge in [0, 0.05) is 19.7 Å². The van der Waals surface area contributed by atoms with Crippen LogP contribution in [0.4, 0.5) is 0 Å². The first-order chi connectivity index (χ1) is 8.27. The van der Waals surface area contributed by atoms with E-state index in [1.807, 2.05) is 0 Å². The second-order valence-electron chi connectivity index (χ2n) is 4.63. The standard InChI is InChI=1S/C12H24N2O3/c13-5-6-17-9-12(16)14-7-10-3-1-2-4-11(10)8-15/h10-11,15H,1-9,13H2,(H,14,16). The van der Waals surface area contributed by atoms with Gasteiger partial charge in [-0.15, -0.1) is 0 Å². The highest BCUT2D eigenvalue weighted by Crippen LogP contribution is 2.28. The fourth-order valence-electron chi connectivity index (χ4n) is 2.34. The minimum atomic E-state index is -0.0966. The molecule has 17 heavy (non-hydrogen) atoms. The number of nitrogens with one attached hydrogen (secondary N) is 1. The predicted octanol–water partition coefficient (Wildman–Crippen LogP) is -0.123. The number of hydrogen-bond acceptors (Lipinski definition) is 4. The molecular weight excluding hydrogens is 220 g/mol. The van der Waals surface area contributed by atoms with E-state index in [0.29, 0.717) is 31.5 Å². The van der Waals surface area contributed by atoms with Crippen LogP contribution in [0.25, 0.3) is 0 Å². The van der Waals surface area contributed by atoms with Crippen LogP contribution in [0.5, 0.6) is 0 Å². The molecule has 0 spiro atoms. The molecule has 1 aliphatic carbocycles. The Morgan fingerprint density at radius 1 is 1.35 bits per heavy atom. The molecule has 2 unspecified atom stereocenters. The molecule has 5 nitrogen and oxygen atoms in total. The second-order valence-corrected chi connectivity index (χ2v) is 4.63. The van der Waals surface area contributed by atoms with Crippen LogP contribution < -0.4 is 11.1 Å². The summed E-state index contributed by atoms with van der Waals surface area (Å²) < 4.78 is 5.05. The third kappa shape index (κ3) is 5.48. The SMILES string of the molecule is NCCOCC(=O)NCC1CCCCC1CO. The van der Waals surface area contributed by atoms with Gasteiger partial charge >= 0.3 is 0 Å². The summed E-state index contributed by atoms with van der Waals surface area (Å²) in [6.07, 6.45) is 4.55. The number of ether oxygens (including phenoxy) is 1. The molecule has 1 saturated carbocycles. The summed E-state index contributed by atoms with van der Waals surface area (Å²) in [7, 11) is 0. The molecule has 1 rings (SSSR count). The molecule has 1 aliphatic rings. The fourth-order valence-corrected chi connectivity index (χ4v) is 2.34. The van der Waals surface area contributed by atoms with Crippen LogP contribution in [0, 0.1) is 11.8 Å². The van der Waals surface area contributed by atoms with E-state index < -0.39 is 0 Å². The number of rotatable bonds is 7. The summed E-state index contributed by atoms with van der Waals surface area (Å²) in [6, 6.07) is 0. The quantitative estimate of drug-likeness (QED) is 0.545. The van der Waals surface area contributed by atoms with Crippen molar-refractivity contribution >= 4 is 5.91 Å². The maximum atomic E-state index is 11.4. The van der Waals surface area contributed by atoms with Gasteiger partial charge in [-0.3, -0.25) is 4.79 Å². The zero-order valence-electron chi connectivity index (χ0n) is 10.4. The number of aliphatic hydroxyl groups excluding tert-OH is 1. The maximum absolute atomic E-state index is 11.4. The normalized spacial score (nSPS) is 24.6. The summed E-state index contributed by atoms with van der Waals surface area (Å²) in [5.41, 5.74) is 5.26. The van der Waals surface area contributed by atoms with E-state index in [9.17, 15) is 9.90 Å². The van der Waals surface area contributed by atoms with Crippen molar-refractivity contribution in [2.24, 2.45) is 17.6 Å². The fraction of sp³-hybridized carbons (Fsp3) is 0.917. The van der Waals surface area contributed by atoms with Gasteiger partial charge in [-0.25, -0.2) is 0 Å². The van der Waals surface area contributed by atoms with Crippen molar-refractivity contribution in [3.05, 3.63) is 0 Å². The first-order valence-electron chi connectivity index (χ1n) is 6.43. The molecule has 4 N–H and O–H groups in total. The van der Waals surface area contributed by atoms with E-state index in [0.717, 1.165) is 12.8 Å². The molecule has 0 aliphatic heterocycles. The van der Waals surface area contributed by atoms with E-state index in [2.05, 4.69) is 5.32 Å². The first kappa shape index (κ1) is 14.4. The zero-order valence-corrected chi connectivity index (χ0v) is 10.4. The Balaban J connectivity index is 2.17. The number of hydrogen-bond donors (Lipinski definition) is 3. The van der Waals surface area contributed by atoms with Crippen LogP contribution >= 0.6 is 0 Å². The summed E-state index contributed by atoms with van der Waals surface area (Å²) in [5, 5.41) is 12.1. The topological polar surface area (TPSA) is 84.6 Å². The Morgan fingerprint density at radius 2 is 2.06 bits per heavy atom. The summed E-state index contributed by atoms with van der Waals surface area (Å²) in [6.45, 7) is 1.80. The van der Waals surface area contributed by atoms with Gasteiger partial charge in [0.15, 0.2) is 0 Å². The highest BCUT2D eigenvalue weighted by molar-refractivity contribution is 5.77. The van der Waals surface area contributed by atoms with Gasteiger partial charge in [-0.05, 0) is 24.7 Å². The van der Waals surface area contributed by atoms with Gasteiger partial charge in [-0.1, -0.05) is 12.8 Å². The second kappa shape index (κ2) is 8.44. The van der Waals surface area contributed by atoms with Crippen molar-refractivity contribution in [3.8, 4) is 0 Å². The lowest BCUT2D eigenvalue weighted by Gasteiger charge is -2.30. The van der Waals surface area contributed by atoms with Crippen LogP contribution in [-0.2, 0) is 9.53 Å². The molecule has 0 heterocycles. The lowest BCUT2D eigenvalue weighted by Crippen LogP contribution is -2.37. The average Bonchev–Trinajstić information content (AvgIpc) is 2.37. The summed E-state index contributed by atoms with van der Waals surface area (Å²) >= 11 is 0. The predicted molar refractivity (Wildman–Crippen MR) is 65.4 cm³/mol. The van der Waals surface area contributed by atoms with Gasteiger partial charge in [0.1, 0.15) is 6.61 Å². The molecule has 0 saturated heterocycles. The molecular formula is C12H24N2O3. The Kier molecular flexibility index (Phi) is 7.16. The Labute approximate surface area is 103 Å². The van der Waals surface area contributed by atoms with Crippen molar-refractivity contribution in [1.82, 2.24) is 5.32 Å². The molecule has 1 fully saturated rings. The molecule has 0 aromatic rings. The zero-order chi connectivity index (χ0) is 12.5. The third-order valence-electron chi connectivity index (χ3n) is 3.36. The summed E-state index contributed by atoms with van der Waals surface area (Å²) in [5.74, 6) is 0.655. The van der Waals surface area contributed by atoms with Crippen molar-refractivity contribution < 1.29 is 14.6 Å². The van der Waals surface area contributed by atoms with E-state index in [4.69, 9.17) is 10.5 Å². The number of aliphatic hydroxyl groups is 1. The molecule has 100 valence electrons. The van der Waals surface area contributed by atoms with Gasteiger partial charge in [0.2, 0.25) is 5.91 Å². The Hall–Kier alpha value is -0.650. The molecule has 0 bridgehead atoms. The highest BCUT2D eigenvalue weighted by atomic mass is 16.5. The van der Waals surface area contributed by atoms with Gasteiger partial charge < -0.3 is 20.9 Å². The maximum Gasteiger partial charge on any atom is 0.246 e. The van der Waals surface area contributed by atoms with Gasteiger partial charge in [-0.2, -0.15) is 0 Å². The number of carbonyl (C=O) groups is 1. The number of nitrogens with two attached hydrogens (primary N) is 1. The van der Waals surface area contributed by atoms with Crippen LogP contribution in [-0.4, -0.2) is 43.9 Å². The molecule has 0 aromatic carbocycles. The number of carbonyl (C=O) groups excluding carboxylic acids is 1. The summed E-state index contributed by atoms with van der Waals surface area (Å²) in [4.78, 5) is 11.4. The molecule has 0 radical (unpaired) electrons.